The van der Waals surface area contributed by atoms with E-state index >= 15 is 0 Å². The first kappa shape index (κ1) is 18.7. The second-order valence-electron chi connectivity index (χ2n) is 6.13. The van der Waals surface area contributed by atoms with Crippen LogP contribution in [-0.4, -0.2) is 44.3 Å². The predicted octanol–water partition coefficient (Wildman–Crippen LogP) is 1.34. The van der Waals surface area contributed by atoms with Gasteiger partial charge in [0, 0.05) is 36.6 Å². The molecule has 1 fully saturated rings. The highest BCUT2D eigenvalue weighted by Gasteiger charge is 2.20. The van der Waals surface area contributed by atoms with Crippen molar-refractivity contribution >= 4 is 23.3 Å². The lowest BCUT2D eigenvalue weighted by Gasteiger charge is -2.28. The fraction of sp³-hybridized carbons (Fsp3) is 0.316. The molecule has 1 aliphatic heterocycles. The average molecular weight is 371 g/mol. The molecule has 142 valence electrons. The van der Waals surface area contributed by atoms with Gasteiger partial charge in [0.05, 0.1) is 18.8 Å². The van der Waals surface area contributed by atoms with Gasteiger partial charge in [-0.1, -0.05) is 0 Å². The Kier molecular flexibility index (Phi) is 5.87. The number of nitrogens with zero attached hydrogens (tertiary/aromatic N) is 2. The summed E-state index contributed by atoms with van der Waals surface area (Å²) in [6.45, 7) is 4.58. The van der Waals surface area contributed by atoms with E-state index in [1.165, 1.54) is 31.5 Å². The summed E-state index contributed by atoms with van der Waals surface area (Å²) in [6.07, 6.45) is 1.41. The van der Waals surface area contributed by atoms with E-state index in [0.29, 0.717) is 23.6 Å². The maximum atomic E-state index is 12.3. The van der Waals surface area contributed by atoms with E-state index in [1.807, 2.05) is 12.1 Å². The molecule has 8 nitrogen and oxygen atoms in total. The SMILES string of the molecule is C[C@@H](OC(=O)c1cc[n+]([O-])cc1)C(=O)Nc1ccc(N2CCOCC2)cc1. The van der Waals surface area contributed by atoms with Gasteiger partial charge < -0.3 is 24.9 Å². The molecule has 2 aromatic rings. The van der Waals surface area contributed by atoms with Gasteiger partial charge in [0.1, 0.15) is 0 Å². The van der Waals surface area contributed by atoms with Gasteiger partial charge in [-0.15, -0.1) is 0 Å². The van der Waals surface area contributed by atoms with Gasteiger partial charge >= 0.3 is 5.97 Å². The third kappa shape index (κ3) is 4.95. The number of morpholine rings is 1. The molecule has 1 aromatic heterocycles. The molecule has 0 aliphatic carbocycles. The van der Waals surface area contributed by atoms with Crippen molar-refractivity contribution in [2.24, 2.45) is 0 Å². The number of esters is 1. The molecule has 0 bridgehead atoms. The fourth-order valence-electron chi connectivity index (χ4n) is 2.65. The third-order valence-electron chi connectivity index (χ3n) is 4.20. The van der Waals surface area contributed by atoms with Crippen molar-refractivity contribution in [3.05, 3.63) is 59.6 Å². The van der Waals surface area contributed by atoms with Gasteiger partial charge in [-0.25, -0.2) is 4.79 Å². The molecular weight excluding hydrogens is 350 g/mol. The van der Waals surface area contributed by atoms with Gasteiger partial charge in [0.15, 0.2) is 18.5 Å². The molecule has 1 atom stereocenters. The summed E-state index contributed by atoms with van der Waals surface area (Å²) in [5.74, 6) is -1.10. The van der Waals surface area contributed by atoms with E-state index in [0.717, 1.165) is 18.8 Å². The molecule has 1 saturated heterocycles. The quantitative estimate of drug-likeness (QED) is 0.484. The van der Waals surface area contributed by atoms with E-state index in [-0.39, 0.29) is 5.56 Å². The lowest BCUT2D eigenvalue weighted by Crippen LogP contribution is -2.36. The van der Waals surface area contributed by atoms with E-state index in [1.54, 1.807) is 12.1 Å². The summed E-state index contributed by atoms with van der Waals surface area (Å²) in [6, 6.07) is 10.1. The summed E-state index contributed by atoms with van der Waals surface area (Å²) in [7, 11) is 0. The zero-order valence-electron chi connectivity index (χ0n) is 15.0. The van der Waals surface area contributed by atoms with Gasteiger partial charge in [-0.3, -0.25) is 4.79 Å². The molecule has 0 radical (unpaired) electrons. The first-order valence-corrected chi connectivity index (χ1v) is 8.66. The minimum Gasteiger partial charge on any atom is -0.619 e. The number of rotatable bonds is 5. The average Bonchev–Trinajstić information content (AvgIpc) is 2.69. The smallest absolute Gasteiger partial charge is 0.339 e. The minimum absolute atomic E-state index is 0.205. The minimum atomic E-state index is -0.976. The number of hydrogen-bond donors (Lipinski definition) is 1. The summed E-state index contributed by atoms with van der Waals surface area (Å²) in [4.78, 5) is 26.5. The number of pyridine rings is 1. The molecule has 1 amide bonds. The van der Waals surface area contributed by atoms with Crippen molar-refractivity contribution in [2.45, 2.75) is 13.0 Å². The Bertz CT molecular complexity index is 786. The Morgan fingerprint density at radius 2 is 1.78 bits per heavy atom. The van der Waals surface area contributed by atoms with Crippen molar-refractivity contribution in [1.29, 1.82) is 0 Å². The lowest BCUT2D eigenvalue weighted by atomic mass is 10.2. The number of benzene rings is 1. The normalized spacial score (nSPS) is 15.1. The summed E-state index contributed by atoms with van der Waals surface area (Å²) >= 11 is 0. The largest absolute Gasteiger partial charge is 0.619 e. The monoisotopic (exact) mass is 371 g/mol. The van der Waals surface area contributed by atoms with Crippen molar-refractivity contribution in [2.75, 3.05) is 36.5 Å². The van der Waals surface area contributed by atoms with Crippen LogP contribution in [0.5, 0.6) is 0 Å². The molecule has 2 heterocycles. The fourth-order valence-corrected chi connectivity index (χ4v) is 2.65. The topological polar surface area (TPSA) is 94.8 Å². The molecule has 1 N–H and O–H groups in total. The van der Waals surface area contributed by atoms with Crippen molar-refractivity contribution in [1.82, 2.24) is 0 Å². The zero-order valence-corrected chi connectivity index (χ0v) is 15.0. The zero-order chi connectivity index (χ0) is 19.2. The van der Waals surface area contributed by atoms with Gasteiger partial charge in [-0.05, 0) is 31.2 Å². The molecular formula is C19H21N3O5. The van der Waals surface area contributed by atoms with Crippen LogP contribution in [0, 0.1) is 5.21 Å². The number of hydrogen-bond acceptors (Lipinski definition) is 6. The van der Waals surface area contributed by atoms with Crippen LogP contribution in [0.2, 0.25) is 0 Å². The summed E-state index contributed by atoms with van der Waals surface area (Å²) < 4.78 is 11.0. The Morgan fingerprint density at radius 1 is 1.15 bits per heavy atom. The van der Waals surface area contributed by atoms with Crippen LogP contribution in [0.25, 0.3) is 0 Å². The standard InChI is InChI=1S/C19H21N3O5/c1-14(27-19(24)15-6-8-22(25)9-7-15)18(23)20-16-2-4-17(5-3-16)21-10-12-26-13-11-21/h2-9,14H,10-13H2,1H3,(H,20,23)/t14-/m1/s1. The summed E-state index contributed by atoms with van der Waals surface area (Å²) in [5, 5.41) is 13.7. The highest BCUT2D eigenvalue weighted by atomic mass is 16.5. The molecule has 0 unspecified atom stereocenters. The molecule has 27 heavy (non-hydrogen) atoms. The van der Waals surface area contributed by atoms with Gasteiger partial charge in [0.2, 0.25) is 0 Å². The van der Waals surface area contributed by atoms with Gasteiger partial charge in [0.25, 0.3) is 5.91 Å². The van der Waals surface area contributed by atoms with E-state index in [4.69, 9.17) is 9.47 Å². The van der Waals surface area contributed by atoms with Crippen LogP contribution in [0.15, 0.2) is 48.8 Å². The Balaban J connectivity index is 1.54. The third-order valence-corrected chi connectivity index (χ3v) is 4.20. The number of anilines is 2. The molecule has 1 aromatic carbocycles. The second-order valence-corrected chi connectivity index (χ2v) is 6.13. The van der Waals surface area contributed by atoms with Crippen LogP contribution in [0.1, 0.15) is 17.3 Å². The van der Waals surface area contributed by atoms with Crippen LogP contribution < -0.4 is 14.9 Å². The summed E-state index contributed by atoms with van der Waals surface area (Å²) in [5.41, 5.74) is 1.89. The predicted molar refractivity (Wildman–Crippen MR) is 98.4 cm³/mol. The number of ether oxygens (including phenoxy) is 2. The molecule has 0 saturated carbocycles. The van der Waals surface area contributed by atoms with Crippen LogP contribution in [0.3, 0.4) is 0 Å². The Labute approximate surface area is 156 Å². The lowest BCUT2D eigenvalue weighted by molar-refractivity contribution is -0.605. The van der Waals surface area contributed by atoms with Crippen LogP contribution >= 0.6 is 0 Å². The number of amides is 1. The number of nitrogens with one attached hydrogen (secondary N) is 1. The van der Waals surface area contributed by atoms with E-state index in [9.17, 15) is 14.8 Å². The van der Waals surface area contributed by atoms with E-state index in [2.05, 4.69) is 10.2 Å². The highest BCUT2D eigenvalue weighted by molar-refractivity contribution is 5.97. The van der Waals surface area contributed by atoms with Gasteiger partial charge in [-0.2, -0.15) is 4.73 Å². The molecule has 8 heteroatoms. The van der Waals surface area contributed by atoms with Crippen molar-refractivity contribution < 1.29 is 23.8 Å². The first-order valence-electron chi connectivity index (χ1n) is 8.66. The maximum absolute atomic E-state index is 12.3. The maximum Gasteiger partial charge on any atom is 0.339 e. The second kappa shape index (κ2) is 8.50. The number of carbonyl (C=O) groups excluding carboxylic acids is 2. The van der Waals surface area contributed by atoms with Crippen molar-refractivity contribution in [3.63, 3.8) is 0 Å². The number of aromatic nitrogens is 1. The van der Waals surface area contributed by atoms with Crippen LogP contribution in [0.4, 0.5) is 11.4 Å². The Hall–Kier alpha value is -3.13. The molecule has 1 aliphatic rings. The number of carbonyl (C=O) groups is 2. The van der Waals surface area contributed by atoms with Crippen molar-refractivity contribution in [3.8, 4) is 0 Å². The molecule has 3 rings (SSSR count). The van der Waals surface area contributed by atoms with Crippen LogP contribution in [-0.2, 0) is 14.3 Å². The molecule has 0 spiro atoms. The Morgan fingerprint density at radius 3 is 2.41 bits per heavy atom. The van der Waals surface area contributed by atoms with E-state index < -0.39 is 18.0 Å². The highest BCUT2D eigenvalue weighted by Crippen LogP contribution is 2.19. The first-order chi connectivity index (χ1) is 13.0.